The predicted octanol–water partition coefficient (Wildman–Crippen LogP) is -4.96. The number of carbonyl (C=O) groups excluding carboxylic acids is 8. The van der Waals surface area contributed by atoms with Gasteiger partial charge in [0.15, 0.2) is 0 Å². The van der Waals surface area contributed by atoms with E-state index in [0.29, 0.717) is 0 Å². The number of primary amides is 2. The molecule has 0 spiro atoms. The molecule has 0 aromatic carbocycles. The maximum Gasteiger partial charge on any atom is 0.245 e. The van der Waals surface area contributed by atoms with Crippen LogP contribution in [0.2, 0.25) is 0 Å². The molecular formula is C23H40N8O9S. The fraction of sp³-hybridized carbons (Fsp3) is 0.652. The number of rotatable bonds is 19. The number of thiol groups is 1. The lowest BCUT2D eigenvalue weighted by Crippen LogP contribution is -2.56. The van der Waals surface area contributed by atoms with Crippen molar-refractivity contribution in [3.63, 3.8) is 0 Å². The van der Waals surface area contributed by atoms with E-state index in [2.05, 4.69) is 44.5 Å². The minimum Gasteiger partial charge on any atom is -0.394 e. The van der Waals surface area contributed by atoms with Crippen LogP contribution in [0.5, 0.6) is 0 Å². The fourth-order valence-corrected chi connectivity index (χ4v) is 3.45. The molecule has 0 unspecified atom stereocenters. The van der Waals surface area contributed by atoms with Crippen molar-refractivity contribution in [1.82, 2.24) is 31.9 Å². The SMILES string of the molecule is CC(=O)N[C@@H](CCC(N)=O)C(=O)N[C@@H](C)C(=O)NCC(=O)N[C@@H](C)C(=O)N[C@@H](CO)C(=O)N[C@H](CS)CCC(N)=O. The van der Waals surface area contributed by atoms with Crippen LogP contribution in [0.1, 0.15) is 46.5 Å². The molecule has 18 heteroatoms. The molecule has 41 heavy (non-hydrogen) atoms. The summed E-state index contributed by atoms with van der Waals surface area (Å²) in [6.45, 7) is 2.49. The van der Waals surface area contributed by atoms with E-state index in [4.69, 9.17) is 11.5 Å². The first-order chi connectivity index (χ1) is 19.1. The van der Waals surface area contributed by atoms with E-state index in [1.807, 2.05) is 0 Å². The Morgan fingerprint density at radius 2 is 1.24 bits per heavy atom. The van der Waals surface area contributed by atoms with Crippen molar-refractivity contribution in [3.8, 4) is 0 Å². The lowest BCUT2D eigenvalue weighted by Gasteiger charge is -2.23. The first-order valence-electron chi connectivity index (χ1n) is 12.6. The number of carbonyl (C=O) groups is 8. The molecule has 0 bridgehead atoms. The molecule has 232 valence electrons. The van der Waals surface area contributed by atoms with E-state index in [9.17, 15) is 43.5 Å². The summed E-state index contributed by atoms with van der Waals surface area (Å²) < 4.78 is 0. The molecular weight excluding hydrogens is 564 g/mol. The number of nitrogens with two attached hydrogens (primary N) is 2. The normalized spacial score (nSPS) is 14.2. The second kappa shape index (κ2) is 19.2. The van der Waals surface area contributed by atoms with Crippen molar-refractivity contribution in [3.05, 3.63) is 0 Å². The Bertz CT molecular complexity index is 981. The van der Waals surface area contributed by atoms with E-state index in [0.717, 1.165) is 0 Å². The number of nitrogens with one attached hydrogen (secondary N) is 6. The number of aliphatic hydroxyl groups is 1. The molecule has 0 aliphatic carbocycles. The average molecular weight is 605 g/mol. The van der Waals surface area contributed by atoms with Gasteiger partial charge in [-0.2, -0.15) is 12.6 Å². The van der Waals surface area contributed by atoms with Gasteiger partial charge in [-0.3, -0.25) is 38.4 Å². The van der Waals surface area contributed by atoms with Crippen molar-refractivity contribution in [2.24, 2.45) is 11.5 Å². The maximum atomic E-state index is 12.4. The molecule has 11 N–H and O–H groups in total. The van der Waals surface area contributed by atoms with Gasteiger partial charge in [-0.1, -0.05) is 0 Å². The summed E-state index contributed by atoms with van der Waals surface area (Å²) in [5, 5.41) is 23.7. The van der Waals surface area contributed by atoms with Crippen LogP contribution in [0.3, 0.4) is 0 Å². The van der Waals surface area contributed by atoms with Crippen molar-refractivity contribution in [2.75, 3.05) is 18.9 Å². The van der Waals surface area contributed by atoms with E-state index in [1.165, 1.54) is 20.8 Å². The summed E-state index contributed by atoms with van der Waals surface area (Å²) >= 11 is 4.08. The Labute approximate surface area is 242 Å². The van der Waals surface area contributed by atoms with Crippen LogP contribution in [0.15, 0.2) is 0 Å². The summed E-state index contributed by atoms with van der Waals surface area (Å²) in [6.07, 6.45) is -0.0493. The number of hydrogen-bond acceptors (Lipinski definition) is 10. The lowest BCUT2D eigenvalue weighted by atomic mass is 10.1. The first kappa shape index (κ1) is 37.1. The molecule has 0 aromatic heterocycles. The zero-order chi connectivity index (χ0) is 31.7. The number of amides is 8. The smallest absolute Gasteiger partial charge is 0.245 e. The Balaban J connectivity index is 4.79. The predicted molar refractivity (Wildman–Crippen MR) is 147 cm³/mol. The van der Waals surface area contributed by atoms with E-state index >= 15 is 0 Å². The molecule has 0 saturated heterocycles. The third-order valence-corrected chi connectivity index (χ3v) is 5.88. The van der Waals surface area contributed by atoms with Gasteiger partial charge in [-0.25, -0.2) is 0 Å². The zero-order valence-corrected chi connectivity index (χ0v) is 24.0. The van der Waals surface area contributed by atoms with Gasteiger partial charge in [0.25, 0.3) is 0 Å². The van der Waals surface area contributed by atoms with Crippen molar-refractivity contribution >= 4 is 59.9 Å². The summed E-state index contributed by atoms with van der Waals surface area (Å²) in [6, 6.07) is -5.30. The van der Waals surface area contributed by atoms with Crippen LogP contribution in [0.25, 0.3) is 0 Å². The minimum atomic E-state index is -1.36. The molecule has 0 radical (unpaired) electrons. The Morgan fingerprint density at radius 1 is 0.707 bits per heavy atom. The van der Waals surface area contributed by atoms with E-state index in [1.54, 1.807) is 0 Å². The van der Waals surface area contributed by atoms with Gasteiger partial charge in [0.1, 0.15) is 24.2 Å². The quantitative estimate of drug-likeness (QED) is 0.0631. The molecule has 0 saturated carbocycles. The van der Waals surface area contributed by atoms with Crippen LogP contribution >= 0.6 is 12.6 Å². The standard InChI is InChI=1S/C23H40N8O9S/c1-11(28-22(39)15(29-13(3)33)5-7-18(25)35)20(37)26-8-19(36)27-12(2)21(38)31-16(9-32)23(40)30-14(10-41)4-6-17(24)34/h11-12,14-16,32,41H,4-10H2,1-3H3,(H2,24,34)(H2,25,35)(H,26,37)(H,27,36)(H,28,39)(H,29,33)(H,30,40)(H,31,38)/t11-,12-,14-,15-,16-/m0/s1. The Hall–Kier alpha value is -3.93. The maximum absolute atomic E-state index is 12.4. The van der Waals surface area contributed by atoms with Gasteiger partial charge in [0.2, 0.25) is 47.3 Å². The van der Waals surface area contributed by atoms with Gasteiger partial charge in [-0.15, -0.1) is 0 Å². The lowest BCUT2D eigenvalue weighted by molar-refractivity contribution is -0.133. The molecule has 0 rings (SSSR count). The number of aliphatic hydroxyl groups excluding tert-OH is 1. The van der Waals surface area contributed by atoms with Gasteiger partial charge in [-0.05, 0) is 26.7 Å². The molecule has 0 heterocycles. The Morgan fingerprint density at radius 3 is 1.76 bits per heavy atom. The van der Waals surface area contributed by atoms with Gasteiger partial charge in [0.05, 0.1) is 13.2 Å². The zero-order valence-electron chi connectivity index (χ0n) is 23.2. The molecule has 17 nitrogen and oxygen atoms in total. The highest BCUT2D eigenvalue weighted by atomic mass is 32.1. The molecule has 0 aromatic rings. The monoisotopic (exact) mass is 604 g/mol. The van der Waals surface area contributed by atoms with Crippen molar-refractivity contribution in [2.45, 2.75) is 76.7 Å². The topological polar surface area (TPSA) is 281 Å². The average Bonchev–Trinajstić information content (AvgIpc) is 2.89. The molecule has 0 aliphatic rings. The van der Waals surface area contributed by atoms with Crippen molar-refractivity contribution < 1.29 is 43.5 Å². The van der Waals surface area contributed by atoms with Crippen LogP contribution in [-0.2, 0) is 38.4 Å². The largest absolute Gasteiger partial charge is 0.394 e. The molecule has 8 amide bonds. The van der Waals surface area contributed by atoms with Crippen LogP contribution in [-0.4, -0.2) is 101 Å². The first-order valence-corrected chi connectivity index (χ1v) is 13.3. The highest BCUT2D eigenvalue weighted by Gasteiger charge is 2.27. The second-order valence-corrected chi connectivity index (χ2v) is 9.50. The van der Waals surface area contributed by atoms with Crippen molar-refractivity contribution in [1.29, 1.82) is 0 Å². The summed E-state index contributed by atoms with van der Waals surface area (Å²) in [5.41, 5.74) is 10.2. The number of hydrogen-bond donors (Lipinski definition) is 10. The van der Waals surface area contributed by atoms with Gasteiger partial charge >= 0.3 is 0 Å². The van der Waals surface area contributed by atoms with E-state index in [-0.39, 0.29) is 31.4 Å². The molecule has 5 atom stereocenters. The molecule has 0 aliphatic heterocycles. The van der Waals surface area contributed by atoms with Gasteiger partial charge < -0.3 is 48.5 Å². The van der Waals surface area contributed by atoms with E-state index < -0.39 is 90.6 Å². The molecule has 0 fully saturated rings. The third kappa shape index (κ3) is 16.1. The highest BCUT2D eigenvalue weighted by molar-refractivity contribution is 7.80. The van der Waals surface area contributed by atoms with Crippen LogP contribution in [0, 0.1) is 0 Å². The summed E-state index contributed by atoms with van der Waals surface area (Å²) in [7, 11) is 0. The minimum absolute atomic E-state index is 0.000952. The van der Waals surface area contributed by atoms with Crippen LogP contribution < -0.4 is 43.4 Å². The summed E-state index contributed by atoms with van der Waals surface area (Å²) in [4.78, 5) is 95.1. The Kier molecular flexibility index (Phi) is 17.4. The van der Waals surface area contributed by atoms with Crippen LogP contribution in [0.4, 0.5) is 0 Å². The highest BCUT2D eigenvalue weighted by Crippen LogP contribution is 2.01. The summed E-state index contributed by atoms with van der Waals surface area (Å²) in [5.74, 6) is -5.41. The fourth-order valence-electron chi connectivity index (χ4n) is 3.18. The second-order valence-electron chi connectivity index (χ2n) is 9.13. The van der Waals surface area contributed by atoms with Gasteiger partial charge in [0, 0.05) is 31.6 Å². The third-order valence-electron chi connectivity index (χ3n) is 5.44.